The average molecular weight is 460 g/mol. The zero-order valence-electron chi connectivity index (χ0n) is 9.70. The molecule has 0 fully saturated rings. The van der Waals surface area contributed by atoms with Gasteiger partial charge in [-0.2, -0.15) is 0 Å². The summed E-state index contributed by atoms with van der Waals surface area (Å²) in [4.78, 5) is 0.0999. The number of benzene rings is 2. The standard InChI is InChI=1S/C12H7Br2Cl2NO2S/c13-7-1-3-9(14)12(5-7)20(18,19)17-11-6-8(15)2-4-10(11)16/h1-6,17H. The minimum Gasteiger partial charge on any atom is -0.278 e. The van der Waals surface area contributed by atoms with Gasteiger partial charge in [0.1, 0.15) is 4.90 Å². The first-order valence-corrected chi connectivity index (χ1v) is 9.05. The van der Waals surface area contributed by atoms with Gasteiger partial charge in [0.2, 0.25) is 0 Å². The van der Waals surface area contributed by atoms with E-state index in [-0.39, 0.29) is 15.6 Å². The smallest absolute Gasteiger partial charge is 0.263 e. The van der Waals surface area contributed by atoms with Crippen LogP contribution in [0.15, 0.2) is 50.2 Å². The van der Waals surface area contributed by atoms with Gasteiger partial charge in [-0.05, 0) is 52.3 Å². The minimum atomic E-state index is -3.78. The number of rotatable bonds is 3. The molecule has 0 aliphatic rings. The number of hydrogen-bond donors (Lipinski definition) is 1. The molecule has 0 bridgehead atoms. The van der Waals surface area contributed by atoms with Crippen LogP contribution in [0.25, 0.3) is 0 Å². The summed E-state index contributed by atoms with van der Waals surface area (Å²) in [6.07, 6.45) is 0. The van der Waals surface area contributed by atoms with Crippen molar-refractivity contribution in [3.63, 3.8) is 0 Å². The van der Waals surface area contributed by atoms with Crippen molar-refractivity contribution in [2.45, 2.75) is 4.90 Å². The second-order valence-electron chi connectivity index (χ2n) is 3.80. The molecule has 0 saturated carbocycles. The molecule has 0 aliphatic carbocycles. The van der Waals surface area contributed by atoms with Gasteiger partial charge in [-0.15, -0.1) is 0 Å². The molecular formula is C12H7Br2Cl2NO2S. The maximum atomic E-state index is 12.4. The van der Waals surface area contributed by atoms with Gasteiger partial charge in [0.05, 0.1) is 10.7 Å². The highest BCUT2D eigenvalue weighted by atomic mass is 79.9. The molecule has 0 saturated heterocycles. The van der Waals surface area contributed by atoms with Crippen LogP contribution in [0, 0.1) is 0 Å². The van der Waals surface area contributed by atoms with Crippen molar-refractivity contribution in [1.82, 2.24) is 0 Å². The molecule has 0 heterocycles. The molecule has 0 atom stereocenters. The van der Waals surface area contributed by atoms with Crippen molar-refractivity contribution >= 4 is 70.8 Å². The molecule has 1 N–H and O–H groups in total. The first kappa shape index (κ1) is 16.1. The molecule has 106 valence electrons. The molecule has 0 spiro atoms. The van der Waals surface area contributed by atoms with Crippen LogP contribution in [0.1, 0.15) is 0 Å². The third-order valence-corrected chi connectivity index (χ3v) is 5.77. The highest BCUT2D eigenvalue weighted by molar-refractivity contribution is 9.11. The van der Waals surface area contributed by atoms with E-state index in [9.17, 15) is 8.42 Å². The van der Waals surface area contributed by atoms with E-state index in [2.05, 4.69) is 36.6 Å². The lowest BCUT2D eigenvalue weighted by atomic mass is 10.3. The quantitative estimate of drug-likeness (QED) is 0.675. The van der Waals surface area contributed by atoms with Gasteiger partial charge in [0.15, 0.2) is 0 Å². The van der Waals surface area contributed by atoms with Crippen molar-refractivity contribution in [1.29, 1.82) is 0 Å². The number of anilines is 1. The van der Waals surface area contributed by atoms with E-state index < -0.39 is 10.0 Å². The van der Waals surface area contributed by atoms with E-state index in [4.69, 9.17) is 23.2 Å². The Kier molecular flexibility index (Phi) is 5.02. The summed E-state index contributed by atoms with van der Waals surface area (Å²) in [5.74, 6) is 0. The van der Waals surface area contributed by atoms with E-state index in [1.165, 1.54) is 18.2 Å². The lowest BCUT2D eigenvalue weighted by molar-refractivity contribution is 0.600. The van der Waals surface area contributed by atoms with Gasteiger partial charge in [-0.1, -0.05) is 39.1 Å². The normalized spacial score (nSPS) is 11.4. The predicted molar refractivity (Wildman–Crippen MR) is 89.1 cm³/mol. The summed E-state index contributed by atoms with van der Waals surface area (Å²) in [6, 6.07) is 9.42. The van der Waals surface area contributed by atoms with E-state index in [0.29, 0.717) is 14.0 Å². The zero-order valence-corrected chi connectivity index (χ0v) is 15.2. The number of halogens is 4. The van der Waals surface area contributed by atoms with Gasteiger partial charge in [-0.25, -0.2) is 8.42 Å². The van der Waals surface area contributed by atoms with Crippen LogP contribution in [-0.4, -0.2) is 8.42 Å². The molecule has 0 amide bonds. The Bertz CT molecular complexity index is 766. The molecule has 2 aromatic carbocycles. The van der Waals surface area contributed by atoms with Crippen LogP contribution in [0.2, 0.25) is 10.0 Å². The van der Waals surface area contributed by atoms with Crippen molar-refractivity contribution in [3.05, 3.63) is 55.4 Å². The van der Waals surface area contributed by atoms with Gasteiger partial charge < -0.3 is 0 Å². The molecule has 8 heteroatoms. The maximum Gasteiger partial charge on any atom is 0.263 e. The Morgan fingerprint density at radius 3 is 2.40 bits per heavy atom. The average Bonchev–Trinajstić information content (AvgIpc) is 2.36. The van der Waals surface area contributed by atoms with E-state index in [0.717, 1.165) is 0 Å². The second-order valence-corrected chi connectivity index (χ2v) is 8.07. The summed E-state index contributed by atoms with van der Waals surface area (Å²) in [5, 5.41) is 0.657. The maximum absolute atomic E-state index is 12.4. The lowest BCUT2D eigenvalue weighted by Gasteiger charge is -2.11. The topological polar surface area (TPSA) is 46.2 Å². The molecule has 2 rings (SSSR count). The summed E-state index contributed by atoms with van der Waals surface area (Å²) < 4.78 is 28.3. The van der Waals surface area contributed by atoms with Crippen LogP contribution >= 0.6 is 55.1 Å². The molecule has 0 aromatic heterocycles. The Labute approximate surface area is 143 Å². The zero-order chi connectivity index (χ0) is 14.9. The van der Waals surface area contributed by atoms with Crippen molar-refractivity contribution < 1.29 is 8.42 Å². The van der Waals surface area contributed by atoms with E-state index in [1.54, 1.807) is 18.2 Å². The summed E-state index contributed by atoms with van der Waals surface area (Å²) in [7, 11) is -3.78. The van der Waals surface area contributed by atoms with Crippen LogP contribution in [0.5, 0.6) is 0 Å². The SMILES string of the molecule is O=S(=O)(Nc1cc(Cl)ccc1Cl)c1cc(Br)ccc1Br. The number of hydrogen-bond acceptors (Lipinski definition) is 2. The molecule has 0 unspecified atom stereocenters. The third-order valence-electron chi connectivity index (χ3n) is 2.36. The Morgan fingerprint density at radius 1 is 1.00 bits per heavy atom. The Balaban J connectivity index is 2.46. The van der Waals surface area contributed by atoms with Gasteiger partial charge >= 0.3 is 0 Å². The first-order valence-electron chi connectivity index (χ1n) is 5.22. The summed E-state index contributed by atoms with van der Waals surface area (Å²) in [5.41, 5.74) is 0.228. The predicted octanol–water partition coefficient (Wildman–Crippen LogP) is 5.32. The molecule has 0 aliphatic heterocycles. The number of nitrogens with one attached hydrogen (secondary N) is 1. The van der Waals surface area contributed by atoms with Crippen molar-refractivity contribution in [2.24, 2.45) is 0 Å². The van der Waals surface area contributed by atoms with Crippen LogP contribution in [-0.2, 0) is 10.0 Å². The number of sulfonamides is 1. The largest absolute Gasteiger partial charge is 0.278 e. The molecule has 3 nitrogen and oxygen atoms in total. The summed E-state index contributed by atoms with van der Waals surface area (Å²) in [6.45, 7) is 0. The fourth-order valence-electron chi connectivity index (χ4n) is 1.46. The van der Waals surface area contributed by atoms with Crippen molar-refractivity contribution in [2.75, 3.05) is 4.72 Å². The second kappa shape index (κ2) is 6.23. The fourth-order valence-corrected chi connectivity index (χ4v) is 4.43. The molecule has 20 heavy (non-hydrogen) atoms. The van der Waals surface area contributed by atoms with Gasteiger partial charge in [0.25, 0.3) is 10.0 Å². The van der Waals surface area contributed by atoms with E-state index in [1.807, 2.05) is 0 Å². The Hall–Kier alpha value is -0.270. The highest BCUT2D eigenvalue weighted by Crippen LogP contribution is 2.31. The lowest BCUT2D eigenvalue weighted by Crippen LogP contribution is -2.14. The minimum absolute atomic E-state index is 0.0999. The molecular weight excluding hydrogens is 453 g/mol. The van der Waals surface area contributed by atoms with Gasteiger partial charge in [-0.3, -0.25) is 4.72 Å². The van der Waals surface area contributed by atoms with Gasteiger partial charge in [0, 0.05) is 14.0 Å². The molecule has 0 radical (unpaired) electrons. The van der Waals surface area contributed by atoms with Crippen LogP contribution < -0.4 is 4.72 Å². The monoisotopic (exact) mass is 457 g/mol. The first-order chi connectivity index (χ1) is 9.29. The van der Waals surface area contributed by atoms with Crippen molar-refractivity contribution in [3.8, 4) is 0 Å². The van der Waals surface area contributed by atoms with Crippen LogP contribution in [0.4, 0.5) is 5.69 Å². The summed E-state index contributed by atoms with van der Waals surface area (Å²) >= 11 is 18.2. The highest BCUT2D eigenvalue weighted by Gasteiger charge is 2.19. The molecule has 2 aromatic rings. The Morgan fingerprint density at radius 2 is 1.70 bits per heavy atom. The fraction of sp³-hybridized carbons (Fsp3) is 0. The third kappa shape index (κ3) is 3.68. The van der Waals surface area contributed by atoms with Crippen LogP contribution in [0.3, 0.4) is 0 Å². The van der Waals surface area contributed by atoms with E-state index >= 15 is 0 Å².